The van der Waals surface area contributed by atoms with Crippen LogP contribution in [0, 0.1) is 0 Å². The number of benzene rings is 1. The van der Waals surface area contributed by atoms with E-state index < -0.39 is 56.4 Å². The fourth-order valence-corrected chi connectivity index (χ4v) is 1.91. The Morgan fingerprint density at radius 3 is 1.93 bits per heavy atom. The van der Waals surface area contributed by atoms with Crippen LogP contribution in [0.15, 0.2) is 30.3 Å². The summed E-state index contributed by atoms with van der Waals surface area (Å²) in [5.41, 5.74) is 0.538. The number of carbonyl (C=O) groups excluding carboxylic acids is 2. The number of anilines is 1. The smallest absolute Gasteiger partial charge is 0.399 e. The van der Waals surface area contributed by atoms with Crippen LogP contribution in [-0.2, 0) is 19.1 Å². The van der Waals surface area contributed by atoms with Crippen molar-refractivity contribution in [3.8, 4) is 0 Å². The third-order valence-electron chi connectivity index (χ3n) is 3.01. The van der Waals surface area contributed by atoms with Gasteiger partial charge in [-0.05, 0) is 12.1 Å². The highest BCUT2D eigenvalue weighted by Gasteiger charge is 2.33. The molecule has 1 atom stereocenters. The van der Waals surface area contributed by atoms with Crippen molar-refractivity contribution < 1.29 is 45.4 Å². The van der Waals surface area contributed by atoms with Crippen molar-refractivity contribution in [3.05, 3.63) is 30.3 Å². The van der Waals surface area contributed by atoms with Gasteiger partial charge in [0.05, 0.1) is 12.6 Å². The van der Waals surface area contributed by atoms with E-state index in [0.717, 1.165) is 0 Å². The lowest BCUT2D eigenvalue weighted by molar-refractivity contribution is -0.174. The summed E-state index contributed by atoms with van der Waals surface area (Å²) in [6, 6.07) is 7.52. The topological polar surface area (TPSA) is 64.6 Å². The Morgan fingerprint density at radius 2 is 1.41 bits per heavy atom. The zero-order chi connectivity index (χ0) is 20.5. The van der Waals surface area contributed by atoms with Crippen LogP contribution >= 0.6 is 0 Å². The van der Waals surface area contributed by atoms with Crippen LogP contribution in [-0.4, -0.2) is 43.5 Å². The molecule has 1 rings (SSSR count). The van der Waals surface area contributed by atoms with E-state index in [1.807, 2.05) is 0 Å². The first-order chi connectivity index (χ1) is 12.4. The summed E-state index contributed by atoms with van der Waals surface area (Å²) < 4.78 is 81.6. The molecule has 1 N–H and O–H groups in total. The van der Waals surface area contributed by atoms with E-state index in [1.54, 1.807) is 30.3 Å². The summed E-state index contributed by atoms with van der Waals surface area (Å²) in [4.78, 5) is 22.2. The second-order valence-electron chi connectivity index (χ2n) is 5.48. The van der Waals surface area contributed by atoms with Gasteiger partial charge in [-0.1, -0.05) is 18.2 Å². The first-order valence-electron chi connectivity index (χ1n) is 7.71. The number of alkyl halides is 6. The molecule has 0 radical (unpaired) electrons. The molecule has 1 aromatic rings. The first kappa shape index (κ1) is 22.6. The number of halogens is 6. The van der Waals surface area contributed by atoms with E-state index >= 15 is 0 Å². The molecule has 0 fully saturated rings. The van der Waals surface area contributed by atoms with E-state index in [1.165, 1.54) is 0 Å². The number of ether oxygens (including phenoxy) is 2. The molecule has 0 aliphatic heterocycles. The number of nitrogens with one attached hydrogen (secondary N) is 1. The maximum Gasteiger partial charge on any atom is 0.399 e. The molecular formula is C16H17F6NO4. The normalized spacial score (nSPS) is 13.0. The molecule has 0 aliphatic carbocycles. The molecule has 1 aromatic carbocycles. The average molecular weight is 401 g/mol. The van der Waals surface area contributed by atoms with Gasteiger partial charge < -0.3 is 14.8 Å². The van der Waals surface area contributed by atoms with E-state index in [4.69, 9.17) is 0 Å². The highest BCUT2D eigenvalue weighted by molar-refractivity contribution is 5.70. The van der Waals surface area contributed by atoms with E-state index in [9.17, 15) is 35.9 Å². The minimum atomic E-state index is -4.72. The van der Waals surface area contributed by atoms with Gasteiger partial charge in [-0.2, -0.15) is 26.3 Å². The molecule has 0 heterocycles. The van der Waals surface area contributed by atoms with E-state index in [-0.39, 0.29) is 6.42 Å². The van der Waals surface area contributed by atoms with Gasteiger partial charge in [0, 0.05) is 12.1 Å². The molecule has 0 aliphatic rings. The van der Waals surface area contributed by atoms with Crippen molar-refractivity contribution in [3.63, 3.8) is 0 Å². The van der Waals surface area contributed by atoms with Gasteiger partial charge >= 0.3 is 24.3 Å². The highest BCUT2D eigenvalue weighted by Crippen LogP contribution is 2.21. The average Bonchev–Trinajstić information content (AvgIpc) is 2.50. The Kier molecular flexibility index (Phi) is 8.38. The van der Waals surface area contributed by atoms with Gasteiger partial charge in [-0.15, -0.1) is 0 Å². The zero-order valence-corrected chi connectivity index (χ0v) is 13.9. The molecule has 5 nitrogen and oxygen atoms in total. The minimum Gasteiger partial charge on any atom is -0.465 e. The molecule has 0 saturated heterocycles. The van der Waals surface area contributed by atoms with Crippen LogP contribution in [0.5, 0.6) is 0 Å². The Balaban J connectivity index is 2.55. The van der Waals surface area contributed by atoms with Crippen LogP contribution in [0.3, 0.4) is 0 Å². The third-order valence-corrected chi connectivity index (χ3v) is 3.01. The Labute approximate surface area is 150 Å². The van der Waals surface area contributed by atoms with E-state index in [0.29, 0.717) is 5.69 Å². The number of para-hydroxylation sites is 1. The molecule has 11 heteroatoms. The standard InChI is InChI=1S/C16H17F6NO4/c17-15(18,19)8-13(24)26-7-6-12(23-11-4-2-1-3-5-11)10-27-14(25)9-16(20,21)22/h1-5,12,23H,6-10H2. The molecule has 0 bridgehead atoms. The second-order valence-corrected chi connectivity index (χ2v) is 5.48. The molecule has 152 valence electrons. The van der Waals surface area contributed by atoms with Crippen LogP contribution in [0.25, 0.3) is 0 Å². The van der Waals surface area contributed by atoms with Crippen molar-refractivity contribution in [1.29, 1.82) is 0 Å². The number of hydrogen-bond donors (Lipinski definition) is 1. The van der Waals surface area contributed by atoms with Crippen molar-refractivity contribution in [2.24, 2.45) is 0 Å². The fraction of sp³-hybridized carbons (Fsp3) is 0.500. The molecule has 1 unspecified atom stereocenters. The van der Waals surface area contributed by atoms with Gasteiger partial charge in [-0.3, -0.25) is 9.59 Å². The van der Waals surface area contributed by atoms with Crippen molar-refractivity contribution in [1.82, 2.24) is 0 Å². The zero-order valence-electron chi connectivity index (χ0n) is 13.9. The van der Waals surface area contributed by atoms with Gasteiger partial charge in [0.25, 0.3) is 0 Å². The molecule has 0 amide bonds. The van der Waals surface area contributed by atoms with E-state index in [2.05, 4.69) is 14.8 Å². The summed E-state index contributed by atoms with van der Waals surface area (Å²) >= 11 is 0. The maximum absolute atomic E-state index is 12.1. The van der Waals surface area contributed by atoms with Crippen LogP contribution in [0.2, 0.25) is 0 Å². The quantitative estimate of drug-likeness (QED) is 0.503. The number of rotatable bonds is 9. The molecule has 27 heavy (non-hydrogen) atoms. The van der Waals surface area contributed by atoms with Gasteiger partial charge in [0.15, 0.2) is 0 Å². The summed E-state index contributed by atoms with van der Waals surface area (Å²) in [7, 11) is 0. The van der Waals surface area contributed by atoms with Gasteiger partial charge in [-0.25, -0.2) is 0 Å². The predicted octanol–water partition coefficient (Wildman–Crippen LogP) is 3.85. The Bertz CT molecular complexity index is 603. The number of hydrogen-bond acceptors (Lipinski definition) is 5. The van der Waals surface area contributed by atoms with Gasteiger partial charge in [0.2, 0.25) is 0 Å². The largest absolute Gasteiger partial charge is 0.465 e. The third kappa shape index (κ3) is 11.7. The Hall–Kier alpha value is -2.46. The fourth-order valence-electron chi connectivity index (χ4n) is 1.91. The second kappa shape index (κ2) is 10.0. The van der Waals surface area contributed by atoms with Crippen molar-refractivity contribution in [2.45, 2.75) is 37.7 Å². The van der Waals surface area contributed by atoms with Crippen LogP contribution in [0.1, 0.15) is 19.3 Å². The maximum atomic E-state index is 12.1. The number of esters is 2. The summed E-state index contributed by atoms with van der Waals surface area (Å²) in [5.74, 6) is -2.97. The lowest BCUT2D eigenvalue weighted by atomic mass is 10.2. The van der Waals surface area contributed by atoms with Crippen LogP contribution < -0.4 is 5.32 Å². The first-order valence-corrected chi connectivity index (χ1v) is 7.71. The SMILES string of the molecule is O=C(CC(F)(F)F)OCCC(COC(=O)CC(F)(F)F)Nc1ccccc1. The van der Waals surface area contributed by atoms with Gasteiger partial charge in [0.1, 0.15) is 19.4 Å². The lowest BCUT2D eigenvalue weighted by Gasteiger charge is -2.20. The predicted molar refractivity (Wildman–Crippen MR) is 81.7 cm³/mol. The van der Waals surface area contributed by atoms with Crippen molar-refractivity contribution >= 4 is 17.6 Å². The lowest BCUT2D eigenvalue weighted by Crippen LogP contribution is -2.30. The molecule has 0 saturated carbocycles. The highest BCUT2D eigenvalue weighted by atomic mass is 19.4. The van der Waals surface area contributed by atoms with Crippen molar-refractivity contribution in [2.75, 3.05) is 18.5 Å². The monoisotopic (exact) mass is 401 g/mol. The molecule has 0 aromatic heterocycles. The van der Waals surface area contributed by atoms with Crippen LogP contribution in [0.4, 0.5) is 32.0 Å². The summed E-state index contributed by atoms with van der Waals surface area (Å²) in [5, 5.41) is 2.85. The minimum absolute atomic E-state index is 0.0855. The molecular weight excluding hydrogens is 384 g/mol. The summed E-state index contributed by atoms with van der Waals surface area (Å²) in [6.45, 7) is -0.920. The number of carbonyl (C=O) groups is 2. The summed E-state index contributed by atoms with van der Waals surface area (Å²) in [6.07, 6.45) is -13.0. The Morgan fingerprint density at radius 1 is 0.889 bits per heavy atom. The molecule has 0 spiro atoms.